The second kappa shape index (κ2) is 3.75. The van der Waals surface area contributed by atoms with E-state index in [4.69, 9.17) is 11.6 Å². The maximum atomic E-state index is 13.8. The van der Waals surface area contributed by atoms with Gasteiger partial charge in [-0.25, -0.2) is 4.39 Å². The van der Waals surface area contributed by atoms with E-state index >= 15 is 0 Å². The van der Waals surface area contributed by atoms with Crippen molar-refractivity contribution in [3.05, 3.63) is 33.6 Å². The van der Waals surface area contributed by atoms with Gasteiger partial charge in [0.1, 0.15) is 5.82 Å². The molecule has 0 spiro atoms. The topological polar surface area (TPSA) is 23.8 Å². The van der Waals surface area contributed by atoms with Gasteiger partial charge in [-0.05, 0) is 49.8 Å². The zero-order valence-corrected chi connectivity index (χ0v) is 10.2. The number of nitrogens with zero attached hydrogens (tertiary/aromatic N) is 1. The first-order chi connectivity index (χ1) is 7.52. The van der Waals surface area contributed by atoms with E-state index in [9.17, 15) is 9.65 Å². The maximum Gasteiger partial charge on any atom is 0.145 e. The summed E-state index contributed by atoms with van der Waals surface area (Å²) in [6, 6.07) is 4.20. The molecule has 0 aromatic heterocycles. The normalized spacial score (nSPS) is 17.7. The van der Waals surface area contributed by atoms with Crippen LogP contribution in [0.3, 0.4) is 0 Å². The summed E-state index contributed by atoms with van der Waals surface area (Å²) in [5.41, 5.74) is 1.58. The van der Waals surface area contributed by atoms with Crippen LogP contribution in [-0.2, 0) is 5.41 Å². The first-order valence-electron chi connectivity index (χ1n) is 5.39. The molecule has 0 saturated heterocycles. The summed E-state index contributed by atoms with van der Waals surface area (Å²) >= 11 is 5.85. The lowest BCUT2D eigenvalue weighted by Crippen LogP contribution is -2.33. The highest BCUT2D eigenvalue weighted by Crippen LogP contribution is 2.45. The fourth-order valence-electron chi connectivity index (χ4n) is 2.31. The molecular formula is C13H13ClFN. The fraction of sp³-hybridized carbons (Fsp3) is 0.462. The number of halogens is 2. The minimum absolute atomic E-state index is 0.175. The Morgan fingerprint density at radius 1 is 1.44 bits per heavy atom. The van der Waals surface area contributed by atoms with Gasteiger partial charge >= 0.3 is 0 Å². The summed E-state index contributed by atoms with van der Waals surface area (Å²) in [6.45, 7) is 3.48. The fourth-order valence-corrected chi connectivity index (χ4v) is 2.51. The van der Waals surface area contributed by atoms with Gasteiger partial charge < -0.3 is 0 Å². The van der Waals surface area contributed by atoms with Gasteiger partial charge in [-0.15, -0.1) is 0 Å². The number of nitriles is 1. The highest BCUT2D eigenvalue weighted by Gasteiger charge is 2.41. The molecule has 1 aromatic rings. The van der Waals surface area contributed by atoms with Gasteiger partial charge in [0.25, 0.3) is 0 Å². The number of rotatable bonds is 1. The quantitative estimate of drug-likeness (QED) is 0.723. The summed E-state index contributed by atoms with van der Waals surface area (Å²) in [6.07, 6.45) is 2.69. The molecule has 1 aromatic carbocycles. The number of aryl methyl sites for hydroxylation is 1. The molecule has 0 atom stereocenters. The van der Waals surface area contributed by atoms with E-state index in [1.54, 1.807) is 13.8 Å². The summed E-state index contributed by atoms with van der Waals surface area (Å²) in [4.78, 5) is 0. The second-order valence-electron chi connectivity index (χ2n) is 4.54. The second-order valence-corrected chi connectivity index (χ2v) is 4.92. The molecule has 0 aliphatic heterocycles. The first kappa shape index (κ1) is 11.4. The third-order valence-electron chi connectivity index (χ3n) is 3.57. The number of hydrogen-bond acceptors (Lipinski definition) is 1. The molecule has 1 fully saturated rings. The minimum atomic E-state index is -0.472. The van der Waals surface area contributed by atoms with E-state index in [2.05, 4.69) is 6.07 Å². The molecule has 0 unspecified atom stereocenters. The SMILES string of the molecule is Cc1cc(C2(C#N)CCC2)c(C)c(F)c1Cl. The van der Waals surface area contributed by atoms with Crippen LogP contribution < -0.4 is 0 Å². The van der Waals surface area contributed by atoms with E-state index in [0.29, 0.717) is 11.1 Å². The highest BCUT2D eigenvalue weighted by atomic mass is 35.5. The Morgan fingerprint density at radius 2 is 2.06 bits per heavy atom. The highest BCUT2D eigenvalue weighted by molar-refractivity contribution is 6.31. The van der Waals surface area contributed by atoms with Crippen molar-refractivity contribution in [1.29, 1.82) is 5.26 Å². The molecule has 84 valence electrons. The molecule has 0 N–H and O–H groups in total. The average molecular weight is 238 g/mol. The van der Waals surface area contributed by atoms with Crippen molar-refractivity contribution < 1.29 is 4.39 Å². The Balaban J connectivity index is 2.63. The monoisotopic (exact) mass is 237 g/mol. The number of benzene rings is 1. The molecule has 1 aliphatic carbocycles. The van der Waals surface area contributed by atoms with Crippen LogP contribution >= 0.6 is 11.6 Å². The van der Waals surface area contributed by atoms with E-state index in [1.165, 1.54) is 0 Å². The molecule has 1 nitrogen and oxygen atoms in total. The van der Waals surface area contributed by atoms with Crippen molar-refractivity contribution in [2.45, 2.75) is 38.5 Å². The Hall–Kier alpha value is -1.07. The standard InChI is InChI=1S/C13H13ClFN/c1-8-6-10(9(2)12(15)11(8)14)13(7-16)4-3-5-13/h6H,3-5H2,1-2H3. The van der Waals surface area contributed by atoms with Crippen LogP contribution in [0.4, 0.5) is 4.39 Å². The lowest BCUT2D eigenvalue weighted by molar-refractivity contribution is 0.321. The minimum Gasteiger partial charge on any atom is -0.205 e. The third kappa shape index (κ3) is 1.43. The van der Waals surface area contributed by atoms with Gasteiger partial charge in [-0.1, -0.05) is 17.7 Å². The molecule has 1 aliphatic rings. The van der Waals surface area contributed by atoms with Crippen LogP contribution in [-0.4, -0.2) is 0 Å². The van der Waals surface area contributed by atoms with Crippen LogP contribution in [0.1, 0.15) is 36.0 Å². The van der Waals surface area contributed by atoms with Gasteiger partial charge in [-0.3, -0.25) is 0 Å². The Morgan fingerprint density at radius 3 is 2.50 bits per heavy atom. The lowest BCUT2D eigenvalue weighted by Gasteiger charge is -2.37. The summed E-state index contributed by atoms with van der Waals surface area (Å²) in [5, 5.41) is 9.43. The molecule has 0 heterocycles. The Kier molecular flexibility index (Phi) is 2.67. The zero-order chi connectivity index (χ0) is 11.9. The summed E-state index contributed by atoms with van der Waals surface area (Å²) < 4.78 is 13.8. The predicted molar refractivity (Wildman–Crippen MR) is 62.0 cm³/mol. The molecule has 16 heavy (non-hydrogen) atoms. The van der Waals surface area contributed by atoms with Gasteiger partial charge in [0, 0.05) is 0 Å². The molecule has 0 radical (unpaired) electrons. The van der Waals surface area contributed by atoms with E-state index in [1.807, 2.05) is 6.07 Å². The van der Waals surface area contributed by atoms with Gasteiger partial charge in [0.05, 0.1) is 16.5 Å². The Bertz CT molecular complexity index is 484. The maximum absolute atomic E-state index is 13.8. The van der Waals surface area contributed by atoms with E-state index in [-0.39, 0.29) is 10.8 Å². The van der Waals surface area contributed by atoms with Crippen LogP contribution in [0.15, 0.2) is 6.07 Å². The van der Waals surface area contributed by atoms with Crippen molar-refractivity contribution in [3.8, 4) is 6.07 Å². The van der Waals surface area contributed by atoms with Crippen molar-refractivity contribution in [2.24, 2.45) is 0 Å². The molecular weight excluding hydrogens is 225 g/mol. The van der Waals surface area contributed by atoms with E-state index < -0.39 is 5.41 Å². The van der Waals surface area contributed by atoms with Crippen molar-refractivity contribution in [2.75, 3.05) is 0 Å². The molecule has 3 heteroatoms. The third-order valence-corrected chi connectivity index (χ3v) is 4.03. The van der Waals surface area contributed by atoms with Crippen molar-refractivity contribution in [1.82, 2.24) is 0 Å². The van der Waals surface area contributed by atoms with Crippen LogP contribution in [0.2, 0.25) is 5.02 Å². The van der Waals surface area contributed by atoms with Gasteiger partial charge in [0.15, 0.2) is 0 Å². The molecule has 2 rings (SSSR count). The van der Waals surface area contributed by atoms with Crippen LogP contribution in [0.25, 0.3) is 0 Å². The Labute approximate surface area is 99.8 Å². The number of hydrogen-bond donors (Lipinski definition) is 0. The lowest BCUT2D eigenvalue weighted by atomic mass is 9.64. The molecule has 1 saturated carbocycles. The zero-order valence-electron chi connectivity index (χ0n) is 9.40. The average Bonchev–Trinajstić information content (AvgIpc) is 2.21. The van der Waals surface area contributed by atoms with Crippen molar-refractivity contribution in [3.63, 3.8) is 0 Å². The first-order valence-corrected chi connectivity index (χ1v) is 5.76. The van der Waals surface area contributed by atoms with Gasteiger partial charge in [0.2, 0.25) is 0 Å². The largest absolute Gasteiger partial charge is 0.205 e. The van der Waals surface area contributed by atoms with Crippen LogP contribution in [0.5, 0.6) is 0 Å². The van der Waals surface area contributed by atoms with Crippen LogP contribution in [0, 0.1) is 31.0 Å². The van der Waals surface area contributed by atoms with Gasteiger partial charge in [-0.2, -0.15) is 5.26 Å². The van der Waals surface area contributed by atoms with Crippen molar-refractivity contribution >= 4 is 11.6 Å². The smallest absolute Gasteiger partial charge is 0.145 e. The predicted octanol–water partition coefficient (Wildman–Crippen LogP) is 4.04. The van der Waals surface area contributed by atoms with E-state index in [0.717, 1.165) is 24.8 Å². The molecule has 0 bridgehead atoms. The molecule has 0 amide bonds. The summed E-state index contributed by atoms with van der Waals surface area (Å²) in [7, 11) is 0. The summed E-state index contributed by atoms with van der Waals surface area (Å²) in [5.74, 6) is -0.377.